The Morgan fingerprint density at radius 1 is 1.25 bits per heavy atom. The average molecular weight is 345 g/mol. The molecule has 0 fully saturated rings. The lowest BCUT2D eigenvalue weighted by Gasteiger charge is -2.13. The van der Waals surface area contributed by atoms with E-state index in [0.717, 1.165) is 0 Å². The number of nitrogens with one attached hydrogen (secondary N) is 2. The van der Waals surface area contributed by atoms with Crippen LogP contribution in [0.5, 0.6) is 0 Å². The lowest BCUT2D eigenvalue weighted by atomic mass is 10.1. The SMILES string of the molecule is Cc1cc(C(=O)O)cc(S(=O)(=O)Nc2cccc3[nH]ncc23)c1C. The minimum absolute atomic E-state index is 0.0552. The molecule has 0 bridgehead atoms. The average Bonchev–Trinajstić information content (AvgIpc) is 2.98. The lowest BCUT2D eigenvalue weighted by molar-refractivity contribution is 0.0696. The first-order chi connectivity index (χ1) is 11.3. The van der Waals surface area contributed by atoms with Crippen LogP contribution in [0.4, 0.5) is 5.69 Å². The van der Waals surface area contributed by atoms with Gasteiger partial charge in [0.2, 0.25) is 0 Å². The molecule has 0 aliphatic rings. The summed E-state index contributed by atoms with van der Waals surface area (Å²) in [5, 5.41) is 16.5. The molecular weight excluding hydrogens is 330 g/mol. The van der Waals surface area contributed by atoms with Crippen LogP contribution in [-0.2, 0) is 10.0 Å². The van der Waals surface area contributed by atoms with Crippen molar-refractivity contribution >= 4 is 32.6 Å². The summed E-state index contributed by atoms with van der Waals surface area (Å²) in [6.45, 7) is 3.32. The van der Waals surface area contributed by atoms with E-state index in [1.807, 2.05) is 0 Å². The van der Waals surface area contributed by atoms with Crippen LogP contribution in [0.1, 0.15) is 21.5 Å². The molecule has 0 aliphatic carbocycles. The number of carboxylic acids is 1. The third kappa shape index (κ3) is 2.71. The Hall–Kier alpha value is -2.87. The Bertz CT molecular complexity index is 1050. The number of carbonyl (C=O) groups is 1. The monoisotopic (exact) mass is 345 g/mol. The molecule has 1 heterocycles. The summed E-state index contributed by atoms with van der Waals surface area (Å²) in [5.41, 5.74) is 2.10. The van der Waals surface area contributed by atoms with E-state index >= 15 is 0 Å². The topological polar surface area (TPSA) is 112 Å². The highest BCUT2D eigenvalue weighted by atomic mass is 32.2. The van der Waals surface area contributed by atoms with E-state index in [9.17, 15) is 13.2 Å². The van der Waals surface area contributed by atoms with E-state index in [4.69, 9.17) is 5.11 Å². The lowest BCUT2D eigenvalue weighted by Crippen LogP contribution is -2.16. The van der Waals surface area contributed by atoms with Gasteiger partial charge in [0, 0.05) is 5.39 Å². The predicted octanol–water partition coefficient (Wildman–Crippen LogP) is 2.68. The van der Waals surface area contributed by atoms with E-state index in [1.54, 1.807) is 32.0 Å². The number of H-pyrrole nitrogens is 1. The Balaban J connectivity index is 2.12. The number of rotatable bonds is 4. The summed E-state index contributed by atoms with van der Waals surface area (Å²) in [6, 6.07) is 7.72. The number of sulfonamides is 1. The van der Waals surface area contributed by atoms with Crippen molar-refractivity contribution in [2.45, 2.75) is 18.7 Å². The van der Waals surface area contributed by atoms with Crippen molar-refractivity contribution in [1.29, 1.82) is 0 Å². The molecule has 3 N–H and O–H groups in total. The number of fused-ring (bicyclic) bond motifs is 1. The fourth-order valence-corrected chi connectivity index (χ4v) is 3.91. The number of carboxylic acid groups (broad SMARTS) is 1. The molecule has 24 heavy (non-hydrogen) atoms. The van der Waals surface area contributed by atoms with Gasteiger partial charge >= 0.3 is 5.97 Å². The van der Waals surface area contributed by atoms with Gasteiger partial charge in [-0.2, -0.15) is 5.10 Å². The Morgan fingerprint density at radius 2 is 2.00 bits per heavy atom. The molecule has 124 valence electrons. The van der Waals surface area contributed by atoms with Crippen LogP contribution in [0.25, 0.3) is 10.9 Å². The maximum atomic E-state index is 12.8. The van der Waals surface area contributed by atoms with E-state index < -0.39 is 16.0 Å². The first kappa shape index (κ1) is 16.0. The van der Waals surface area contributed by atoms with Crippen molar-refractivity contribution in [1.82, 2.24) is 10.2 Å². The van der Waals surface area contributed by atoms with Gasteiger partial charge in [-0.15, -0.1) is 0 Å². The molecule has 8 heteroatoms. The largest absolute Gasteiger partial charge is 0.478 e. The summed E-state index contributed by atoms with van der Waals surface area (Å²) < 4.78 is 28.1. The van der Waals surface area contributed by atoms with Crippen molar-refractivity contribution in [3.63, 3.8) is 0 Å². The zero-order valence-electron chi connectivity index (χ0n) is 13.0. The molecule has 7 nitrogen and oxygen atoms in total. The van der Waals surface area contributed by atoms with Crippen molar-refractivity contribution in [3.8, 4) is 0 Å². The fraction of sp³-hybridized carbons (Fsp3) is 0.125. The summed E-state index contributed by atoms with van der Waals surface area (Å²) >= 11 is 0. The summed E-state index contributed by atoms with van der Waals surface area (Å²) in [4.78, 5) is 11.2. The number of hydrogen-bond acceptors (Lipinski definition) is 4. The third-order valence-electron chi connectivity index (χ3n) is 3.89. The van der Waals surface area contributed by atoms with Gasteiger partial charge in [0.25, 0.3) is 10.0 Å². The van der Waals surface area contributed by atoms with E-state index in [2.05, 4.69) is 14.9 Å². The minimum atomic E-state index is -3.95. The van der Waals surface area contributed by atoms with Crippen LogP contribution in [0, 0.1) is 13.8 Å². The molecule has 0 unspecified atom stereocenters. The first-order valence-corrected chi connectivity index (χ1v) is 8.57. The molecule has 3 rings (SSSR count). The molecule has 0 atom stereocenters. The van der Waals surface area contributed by atoms with Gasteiger partial charge in [-0.05, 0) is 49.2 Å². The number of aromatic nitrogens is 2. The highest BCUT2D eigenvalue weighted by Crippen LogP contribution is 2.27. The first-order valence-electron chi connectivity index (χ1n) is 7.09. The number of benzene rings is 2. The second kappa shape index (κ2) is 5.64. The maximum absolute atomic E-state index is 12.8. The highest BCUT2D eigenvalue weighted by Gasteiger charge is 2.21. The van der Waals surface area contributed by atoms with E-state index in [0.29, 0.717) is 27.7 Å². The van der Waals surface area contributed by atoms with Crippen LogP contribution >= 0.6 is 0 Å². The van der Waals surface area contributed by atoms with Crippen molar-refractivity contribution in [3.05, 3.63) is 53.2 Å². The van der Waals surface area contributed by atoms with Crippen LogP contribution < -0.4 is 4.72 Å². The predicted molar refractivity (Wildman–Crippen MR) is 89.8 cm³/mol. The summed E-state index contributed by atoms with van der Waals surface area (Å²) in [5.74, 6) is -1.17. The summed E-state index contributed by atoms with van der Waals surface area (Å²) in [7, 11) is -3.95. The van der Waals surface area contributed by atoms with Gasteiger partial charge in [0.15, 0.2) is 0 Å². The second-order valence-electron chi connectivity index (χ2n) is 5.46. The van der Waals surface area contributed by atoms with Crippen molar-refractivity contribution in [2.24, 2.45) is 0 Å². The van der Waals surface area contributed by atoms with Crippen molar-refractivity contribution in [2.75, 3.05) is 4.72 Å². The van der Waals surface area contributed by atoms with Gasteiger partial charge in [-0.3, -0.25) is 9.82 Å². The number of aryl methyl sites for hydroxylation is 1. The highest BCUT2D eigenvalue weighted by molar-refractivity contribution is 7.92. The summed E-state index contributed by atoms with van der Waals surface area (Å²) in [6.07, 6.45) is 1.53. The van der Waals surface area contributed by atoms with Crippen LogP contribution in [0.2, 0.25) is 0 Å². The molecule has 0 amide bonds. The quantitative estimate of drug-likeness (QED) is 0.673. The zero-order valence-corrected chi connectivity index (χ0v) is 13.8. The molecular formula is C16H15N3O4S. The number of hydrogen-bond donors (Lipinski definition) is 3. The molecule has 2 aromatic carbocycles. The van der Waals surface area contributed by atoms with Gasteiger partial charge in [-0.1, -0.05) is 6.07 Å². The molecule has 0 spiro atoms. The minimum Gasteiger partial charge on any atom is -0.478 e. The zero-order chi connectivity index (χ0) is 17.5. The van der Waals surface area contributed by atoms with Gasteiger partial charge in [-0.25, -0.2) is 13.2 Å². The molecule has 0 saturated carbocycles. The van der Waals surface area contributed by atoms with Gasteiger partial charge < -0.3 is 5.11 Å². The smallest absolute Gasteiger partial charge is 0.335 e. The Labute approximate surface area is 138 Å². The third-order valence-corrected chi connectivity index (χ3v) is 5.38. The normalized spacial score (nSPS) is 11.6. The molecule has 3 aromatic rings. The van der Waals surface area contributed by atoms with E-state index in [1.165, 1.54) is 18.3 Å². The Morgan fingerprint density at radius 3 is 2.71 bits per heavy atom. The fourth-order valence-electron chi connectivity index (χ4n) is 2.49. The number of nitrogens with zero attached hydrogens (tertiary/aromatic N) is 1. The second-order valence-corrected chi connectivity index (χ2v) is 7.11. The van der Waals surface area contributed by atoms with Crippen LogP contribution in [-0.4, -0.2) is 29.7 Å². The van der Waals surface area contributed by atoms with Gasteiger partial charge in [0.05, 0.1) is 27.9 Å². The Kier molecular flexibility index (Phi) is 3.76. The molecule has 0 radical (unpaired) electrons. The van der Waals surface area contributed by atoms with Crippen LogP contribution in [0.15, 0.2) is 41.4 Å². The molecule has 0 aliphatic heterocycles. The standard InChI is InChI=1S/C16H15N3O4S/c1-9-6-11(16(20)21)7-15(10(9)2)24(22,23)19-14-5-3-4-13-12(14)8-17-18-13/h3-8,19H,1-2H3,(H,17,18)(H,20,21). The van der Waals surface area contributed by atoms with Gasteiger partial charge in [0.1, 0.15) is 0 Å². The number of anilines is 1. The van der Waals surface area contributed by atoms with E-state index in [-0.39, 0.29) is 10.5 Å². The number of aromatic amines is 1. The molecule has 0 saturated heterocycles. The molecule has 1 aromatic heterocycles. The van der Waals surface area contributed by atoms with Crippen molar-refractivity contribution < 1.29 is 18.3 Å². The number of aromatic carboxylic acids is 1. The van der Waals surface area contributed by atoms with Crippen LogP contribution in [0.3, 0.4) is 0 Å². The maximum Gasteiger partial charge on any atom is 0.335 e.